The summed E-state index contributed by atoms with van der Waals surface area (Å²) < 4.78 is 44.3. The Kier molecular flexibility index (Phi) is 17.9. The van der Waals surface area contributed by atoms with E-state index in [1.54, 1.807) is 60.4 Å². The summed E-state index contributed by atoms with van der Waals surface area (Å²) in [5.41, 5.74) is -3.16. The molecule has 0 aromatic heterocycles. The number of carbonyl (C=O) groups excluding carboxylic acids is 3. The Labute approximate surface area is 370 Å². The third-order valence-corrected chi connectivity index (χ3v) is 12.8. The zero-order valence-electron chi connectivity index (χ0n) is 40.3. The minimum Gasteiger partial charge on any atom is -0.454 e. The summed E-state index contributed by atoms with van der Waals surface area (Å²) in [5.74, 6) is -2.19. The molecule has 3 amide bonds. The molecule has 62 heavy (non-hydrogen) atoms. The second kappa shape index (κ2) is 21.5. The van der Waals surface area contributed by atoms with Crippen molar-refractivity contribution in [1.29, 1.82) is 0 Å². The molecular formula is C45H81N5O12. The quantitative estimate of drug-likeness (QED) is 0.214. The molecule has 0 aliphatic carbocycles. The number of carbonyl (C=O) groups is 3. The Morgan fingerprint density at radius 3 is 2.35 bits per heavy atom. The van der Waals surface area contributed by atoms with Crippen LogP contribution >= 0.6 is 0 Å². The maximum absolute atomic E-state index is 14.6. The molecule has 17 nitrogen and oxygen atoms in total. The molecule has 4 fully saturated rings. The van der Waals surface area contributed by atoms with Gasteiger partial charge in [-0.05, 0) is 100 Å². The average Bonchev–Trinajstić information content (AvgIpc) is 3.45. The highest BCUT2D eigenvalue weighted by Gasteiger charge is 2.54. The van der Waals surface area contributed by atoms with Gasteiger partial charge < -0.3 is 63.8 Å². The number of amidine groups is 1. The zero-order chi connectivity index (χ0) is 46.5. The van der Waals surface area contributed by atoms with Crippen LogP contribution in [0, 0.1) is 17.8 Å². The number of hydrogen-bond acceptors (Lipinski definition) is 13. The highest BCUT2D eigenvalue weighted by atomic mass is 16.7. The Bertz CT molecular complexity index is 1530. The largest absolute Gasteiger partial charge is 0.454 e. The number of aliphatic hydroxyl groups excluding tert-OH is 1. The molecule has 0 bridgehead atoms. The van der Waals surface area contributed by atoms with Crippen LogP contribution in [-0.4, -0.2) is 162 Å². The third kappa shape index (κ3) is 13.6. The summed E-state index contributed by atoms with van der Waals surface area (Å²) in [7, 11) is 5.23. The first-order valence-corrected chi connectivity index (χ1v) is 22.8. The van der Waals surface area contributed by atoms with Crippen molar-refractivity contribution in [2.45, 2.75) is 212 Å². The predicted molar refractivity (Wildman–Crippen MR) is 233 cm³/mol. The SMILES string of the molecule is CO[C@]1(C)C[C@H](O[C@H]2[C@H](C)[C@@H](O[C@@H]3O[C@H](C)C[C@H]4[C@H]3OC(=NC(C)C)N4C)[C@](C)(O)C[C@@H](C)CN(C)C(=O)C[C@H](CCCCNC(=O)OC(C)(C)C)NC(=O)[C@@H]2C)O[C@@H](C)[C@@H]1O. The monoisotopic (exact) mass is 884 g/mol. The summed E-state index contributed by atoms with van der Waals surface area (Å²) in [6.07, 6.45) is -3.73. The lowest BCUT2D eigenvalue weighted by Gasteiger charge is -2.48. The van der Waals surface area contributed by atoms with Crippen molar-refractivity contribution in [3.8, 4) is 0 Å². The standard InChI is InChI=1S/C45H81N5O12/c1-25(2)47-41-50(14)32-20-27(4)57-40(36(32)60-41)61-38-28(5)35(59-34-23-45(12,56-15)37(52)30(7)58-34)29(6)39(53)48-31(18-16-17-19-46-42(54)62-43(8,9)10)21-33(51)49(13)24-26(3)22-44(38,11)55/h25-32,34-38,40,52,55H,16-24H2,1-15H3,(H,46,54)(H,48,53)/t26-,27-,28+,29-,30+,31+,32+,34+,35+,36-,37+,38-,40+,44-,45-/m1/s1. The lowest BCUT2D eigenvalue weighted by Crippen LogP contribution is -2.60. The number of rotatable bonds is 11. The number of hydrogen-bond donors (Lipinski definition) is 4. The zero-order valence-corrected chi connectivity index (χ0v) is 40.3. The van der Waals surface area contributed by atoms with E-state index >= 15 is 0 Å². The smallest absolute Gasteiger partial charge is 0.407 e. The van der Waals surface area contributed by atoms with Gasteiger partial charge in [0, 0.05) is 65.1 Å². The van der Waals surface area contributed by atoms with E-state index in [1.807, 2.05) is 46.6 Å². The second-order valence-corrected chi connectivity index (χ2v) is 20.3. The average molecular weight is 884 g/mol. The highest BCUT2D eigenvalue weighted by Crippen LogP contribution is 2.41. The summed E-state index contributed by atoms with van der Waals surface area (Å²) in [6.45, 7) is 23.0. The van der Waals surface area contributed by atoms with Crippen LogP contribution in [0.3, 0.4) is 0 Å². The van der Waals surface area contributed by atoms with Crippen LogP contribution in [0.15, 0.2) is 4.99 Å². The molecule has 0 aromatic carbocycles. The Hall–Kier alpha value is -2.80. The van der Waals surface area contributed by atoms with Crippen molar-refractivity contribution in [2.75, 3.05) is 34.3 Å². The Balaban J connectivity index is 1.71. The number of aliphatic hydroxyl groups is 2. The first kappa shape index (κ1) is 51.8. The minimum atomic E-state index is -1.53. The van der Waals surface area contributed by atoms with E-state index in [9.17, 15) is 24.6 Å². The number of methoxy groups -OCH3 is 1. The van der Waals surface area contributed by atoms with Crippen molar-refractivity contribution in [2.24, 2.45) is 22.7 Å². The molecule has 17 heteroatoms. The van der Waals surface area contributed by atoms with Crippen LogP contribution in [-0.2, 0) is 42.7 Å². The molecule has 0 aromatic rings. The molecular weight excluding hydrogens is 803 g/mol. The number of aliphatic imine (C=N–C) groups is 1. The van der Waals surface area contributed by atoms with Gasteiger partial charge in [0.1, 0.15) is 11.7 Å². The van der Waals surface area contributed by atoms with E-state index in [2.05, 4.69) is 10.6 Å². The lowest BCUT2D eigenvalue weighted by atomic mass is 9.77. The van der Waals surface area contributed by atoms with Crippen LogP contribution in [0.25, 0.3) is 0 Å². The van der Waals surface area contributed by atoms with Crippen LogP contribution in [0.1, 0.15) is 128 Å². The van der Waals surface area contributed by atoms with Gasteiger partial charge in [-0.2, -0.15) is 0 Å². The van der Waals surface area contributed by atoms with Gasteiger partial charge in [-0.3, -0.25) is 9.59 Å². The topological polar surface area (TPSA) is 199 Å². The molecule has 0 spiro atoms. The number of fused-ring (bicyclic) bond motifs is 1. The maximum atomic E-state index is 14.6. The van der Waals surface area contributed by atoms with E-state index in [0.717, 1.165) is 0 Å². The van der Waals surface area contributed by atoms with Gasteiger partial charge in [0.05, 0.1) is 47.6 Å². The van der Waals surface area contributed by atoms with Crippen molar-refractivity contribution >= 4 is 23.9 Å². The van der Waals surface area contributed by atoms with Crippen molar-refractivity contribution in [3.05, 3.63) is 0 Å². The number of nitrogens with one attached hydrogen (secondary N) is 2. The number of ether oxygens (including phenoxy) is 7. The lowest BCUT2D eigenvalue weighted by molar-refractivity contribution is -0.313. The van der Waals surface area contributed by atoms with Gasteiger partial charge in [-0.1, -0.05) is 20.8 Å². The number of nitrogens with zero attached hydrogens (tertiary/aromatic N) is 3. The number of likely N-dealkylation sites (N-methyl/N-ethyl adjacent to an activating group) is 1. The second-order valence-electron chi connectivity index (χ2n) is 20.3. The van der Waals surface area contributed by atoms with Crippen LogP contribution < -0.4 is 10.6 Å². The minimum absolute atomic E-state index is 0.00531. The fraction of sp³-hybridized carbons (Fsp3) is 0.911. The number of unbranched alkanes of at least 4 members (excludes halogenated alkanes) is 1. The molecule has 0 saturated carbocycles. The van der Waals surface area contributed by atoms with Gasteiger partial charge in [0.25, 0.3) is 6.02 Å². The molecule has 358 valence electrons. The first-order chi connectivity index (χ1) is 28.7. The normalized spacial score (nSPS) is 39.8. The van der Waals surface area contributed by atoms with Gasteiger partial charge >= 0.3 is 6.09 Å². The Morgan fingerprint density at radius 2 is 1.73 bits per heavy atom. The van der Waals surface area contributed by atoms with Gasteiger partial charge in [0.15, 0.2) is 18.7 Å². The van der Waals surface area contributed by atoms with Crippen molar-refractivity contribution in [3.63, 3.8) is 0 Å². The summed E-state index contributed by atoms with van der Waals surface area (Å²) in [5, 5.41) is 29.7. The molecule has 4 heterocycles. The molecule has 0 radical (unpaired) electrons. The van der Waals surface area contributed by atoms with Gasteiger partial charge in [-0.15, -0.1) is 0 Å². The number of alkyl carbamates (subject to hydrolysis) is 1. The molecule has 0 unspecified atom stereocenters. The maximum Gasteiger partial charge on any atom is 0.407 e. The van der Waals surface area contributed by atoms with E-state index in [4.69, 9.17) is 38.2 Å². The molecule has 4 rings (SSSR count). The first-order valence-electron chi connectivity index (χ1n) is 22.8. The Morgan fingerprint density at radius 1 is 1.05 bits per heavy atom. The number of amides is 3. The summed E-state index contributed by atoms with van der Waals surface area (Å²) >= 11 is 0. The van der Waals surface area contributed by atoms with Crippen LogP contribution in [0.4, 0.5) is 4.79 Å². The molecule has 4 aliphatic heterocycles. The van der Waals surface area contributed by atoms with E-state index < -0.39 is 83.9 Å². The van der Waals surface area contributed by atoms with Crippen LogP contribution in [0.2, 0.25) is 0 Å². The van der Waals surface area contributed by atoms with Crippen molar-refractivity contribution in [1.82, 2.24) is 20.4 Å². The predicted octanol–water partition coefficient (Wildman–Crippen LogP) is 4.35. The fourth-order valence-corrected chi connectivity index (χ4v) is 9.50. The van der Waals surface area contributed by atoms with Crippen LogP contribution in [0.5, 0.6) is 0 Å². The summed E-state index contributed by atoms with van der Waals surface area (Å²) in [6, 6.07) is -0.124. The van der Waals surface area contributed by atoms with E-state index in [-0.39, 0.29) is 55.2 Å². The highest BCUT2D eigenvalue weighted by molar-refractivity contribution is 5.81. The van der Waals surface area contributed by atoms with Gasteiger partial charge in [-0.25, -0.2) is 9.79 Å². The van der Waals surface area contributed by atoms with Gasteiger partial charge in [0.2, 0.25) is 11.8 Å². The molecule has 4 N–H and O–H groups in total. The summed E-state index contributed by atoms with van der Waals surface area (Å²) in [4.78, 5) is 49.0. The molecule has 4 aliphatic rings. The van der Waals surface area contributed by atoms with Crippen molar-refractivity contribution < 1.29 is 57.8 Å². The van der Waals surface area contributed by atoms with E-state index in [0.29, 0.717) is 44.8 Å². The van der Waals surface area contributed by atoms with E-state index in [1.165, 1.54) is 7.11 Å². The molecule has 15 atom stereocenters. The third-order valence-electron chi connectivity index (χ3n) is 12.8. The molecule has 4 saturated heterocycles. The fourth-order valence-electron chi connectivity index (χ4n) is 9.50.